The highest BCUT2D eigenvalue weighted by molar-refractivity contribution is 7.18. The van der Waals surface area contributed by atoms with Crippen LogP contribution in [0.2, 0.25) is 0 Å². The van der Waals surface area contributed by atoms with Gasteiger partial charge in [0.05, 0.1) is 11.1 Å². The molecule has 0 amide bonds. The fourth-order valence-electron chi connectivity index (χ4n) is 3.45. The molecular formula is C19H20N6O2S. The second-order valence-electron chi connectivity index (χ2n) is 6.72. The van der Waals surface area contributed by atoms with Crippen LogP contribution in [0.25, 0.3) is 10.2 Å². The molecule has 0 saturated carbocycles. The number of aromatic amines is 1. The summed E-state index contributed by atoms with van der Waals surface area (Å²) in [6.07, 6.45) is 1.60. The molecule has 0 bridgehead atoms. The van der Waals surface area contributed by atoms with Crippen LogP contribution < -0.4 is 16.1 Å². The number of anilines is 1. The van der Waals surface area contributed by atoms with Crippen LogP contribution >= 0.6 is 11.3 Å². The Bertz CT molecular complexity index is 1150. The number of nitrogens with zero attached hydrogens (tertiary/aromatic N) is 5. The predicted octanol–water partition coefficient (Wildman–Crippen LogP) is 1.36. The number of thiophene rings is 1. The standard InChI is InChI=1S/C19H20N6O2S/c1-2-25-18(26)17-15(22-19(25)27)9-14(28-17)12-23-5-7-24(8-6-23)16-4-3-13(10-20)11-21-16/h3-4,9,11H,2,5-8,12H2,1H3,(H,22,27). The number of nitrogens with one attached hydrogen (secondary N) is 1. The summed E-state index contributed by atoms with van der Waals surface area (Å²) in [5.74, 6) is 0.887. The quantitative estimate of drug-likeness (QED) is 0.715. The molecule has 9 heteroatoms. The van der Waals surface area contributed by atoms with Crippen LogP contribution in [-0.2, 0) is 13.1 Å². The molecule has 28 heavy (non-hydrogen) atoms. The lowest BCUT2D eigenvalue weighted by molar-refractivity contribution is 0.251. The van der Waals surface area contributed by atoms with Gasteiger partial charge >= 0.3 is 5.69 Å². The van der Waals surface area contributed by atoms with Gasteiger partial charge in [0.15, 0.2) is 0 Å². The maximum Gasteiger partial charge on any atom is 0.328 e. The Morgan fingerprint density at radius 3 is 2.68 bits per heavy atom. The van der Waals surface area contributed by atoms with Crippen LogP contribution in [0.4, 0.5) is 5.82 Å². The molecule has 8 nitrogen and oxygen atoms in total. The molecule has 0 unspecified atom stereocenters. The van der Waals surface area contributed by atoms with Gasteiger partial charge in [0.2, 0.25) is 0 Å². The first-order valence-electron chi connectivity index (χ1n) is 9.18. The van der Waals surface area contributed by atoms with Gasteiger partial charge in [-0.3, -0.25) is 14.3 Å². The van der Waals surface area contributed by atoms with Crippen LogP contribution in [-0.4, -0.2) is 45.6 Å². The van der Waals surface area contributed by atoms with Crippen LogP contribution in [0.3, 0.4) is 0 Å². The van der Waals surface area contributed by atoms with Crippen molar-refractivity contribution < 1.29 is 0 Å². The monoisotopic (exact) mass is 396 g/mol. The summed E-state index contributed by atoms with van der Waals surface area (Å²) in [6.45, 7) is 6.37. The lowest BCUT2D eigenvalue weighted by atomic mass is 10.2. The molecular weight excluding hydrogens is 376 g/mol. The minimum absolute atomic E-state index is 0.214. The van der Waals surface area contributed by atoms with Crippen LogP contribution in [0.5, 0.6) is 0 Å². The summed E-state index contributed by atoms with van der Waals surface area (Å²) in [5, 5.41) is 8.88. The number of hydrogen-bond donors (Lipinski definition) is 1. The number of aromatic nitrogens is 3. The number of fused-ring (bicyclic) bond motifs is 1. The number of piperazine rings is 1. The number of pyridine rings is 1. The average Bonchev–Trinajstić information content (AvgIpc) is 3.11. The van der Waals surface area contributed by atoms with Gasteiger partial charge in [-0.15, -0.1) is 11.3 Å². The fraction of sp³-hybridized carbons (Fsp3) is 0.368. The first kappa shape index (κ1) is 18.4. The lowest BCUT2D eigenvalue weighted by Crippen LogP contribution is -2.46. The third-order valence-corrected chi connectivity index (χ3v) is 6.09. The van der Waals surface area contributed by atoms with Crippen molar-refractivity contribution in [1.29, 1.82) is 5.26 Å². The van der Waals surface area contributed by atoms with Gasteiger partial charge in [-0.2, -0.15) is 5.26 Å². The van der Waals surface area contributed by atoms with Gasteiger partial charge in [-0.1, -0.05) is 0 Å². The van der Waals surface area contributed by atoms with Crippen molar-refractivity contribution >= 4 is 27.4 Å². The Balaban J connectivity index is 1.45. The zero-order valence-electron chi connectivity index (χ0n) is 15.5. The maximum absolute atomic E-state index is 12.4. The van der Waals surface area contributed by atoms with Gasteiger partial charge in [0.1, 0.15) is 16.6 Å². The summed E-state index contributed by atoms with van der Waals surface area (Å²) < 4.78 is 1.84. The van der Waals surface area contributed by atoms with E-state index in [-0.39, 0.29) is 11.2 Å². The van der Waals surface area contributed by atoms with Crippen molar-refractivity contribution in [2.75, 3.05) is 31.1 Å². The van der Waals surface area contributed by atoms with Crippen molar-refractivity contribution in [2.24, 2.45) is 0 Å². The molecule has 4 rings (SSSR count). The fourth-order valence-corrected chi connectivity index (χ4v) is 4.55. The molecule has 1 fully saturated rings. The van der Waals surface area contributed by atoms with E-state index in [2.05, 4.69) is 25.8 Å². The zero-order chi connectivity index (χ0) is 19.7. The van der Waals surface area contributed by atoms with Crippen molar-refractivity contribution in [2.45, 2.75) is 20.0 Å². The number of hydrogen-bond acceptors (Lipinski definition) is 7. The van der Waals surface area contributed by atoms with E-state index in [0.29, 0.717) is 22.3 Å². The topological polar surface area (TPSA) is 98.0 Å². The maximum atomic E-state index is 12.4. The second kappa shape index (κ2) is 7.58. The van der Waals surface area contributed by atoms with Crippen molar-refractivity contribution in [3.05, 3.63) is 55.7 Å². The minimum Gasteiger partial charge on any atom is -0.354 e. The van der Waals surface area contributed by atoms with Gasteiger partial charge in [0.25, 0.3) is 5.56 Å². The average molecular weight is 396 g/mol. The molecule has 3 aromatic rings. The summed E-state index contributed by atoms with van der Waals surface area (Å²) in [7, 11) is 0. The van der Waals surface area contributed by atoms with Gasteiger partial charge in [-0.05, 0) is 25.1 Å². The molecule has 0 spiro atoms. The highest BCUT2D eigenvalue weighted by atomic mass is 32.1. The molecule has 1 saturated heterocycles. The Morgan fingerprint density at radius 2 is 2.04 bits per heavy atom. The normalized spacial score (nSPS) is 15.1. The van der Waals surface area contributed by atoms with Crippen molar-refractivity contribution in [1.82, 2.24) is 19.4 Å². The molecule has 0 aliphatic carbocycles. The Labute approximate surface area is 165 Å². The Hall–Kier alpha value is -2.96. The van der Waals surface area contributed by atoms with E-state index in [1.807, 2.05) is 12.1 Å². The number of nitriles is 1. The zero-order valence-corrected chi connectivity index (χ0v) is 16.3. The second-order valence-corrected chi connectivity index (χ2v) is 7.85. The van der Waals surface area contributed by atoms with E-state index in [9.17, 15) is 9.59 Å². The number of rotatable bonds is 4. The van der Waals surface area contributed by atoms with Gasteiger partial charge in [0, 0.05) is 50.3 Å². The predicted molar refractivity (Wildman–Crippen MR) is 109 cm³/mol. The van der Waals surface area contributed by atoms with Crippen LogP contribution in [0, 0.1) is 11.3 Å². The molecule has 1 aliphatic heterocycles. The van der Waals surface area contributed by atoms with E-state index in [1.165, 1.54) is 15.9 Å². The van der Waals surface area contributed by atoms with Crippen molar-refractivity contribution in [3.63, 3.8) is 0 Å². The molecule has 4 heterocycles. The van der Waals surface area contributed by atoms with Crippen LogP contribution in [0.15, 0.2) is 34.0 Å². The molecule has 144 valence electrons. The summed E-state index contributed by atoms with van der Waals surface area (Å²) >= 11 is 1.46. The first-order valence-corrected chi connectivity index (χ1v) is 9.99. The van der Waals surface area contributed by atoms with Crippen molar-refractivity contribution in [3.8, 4) is 6.07 Å². The summed E-state index contributed by atoms with van der Waals surface area (Å²) in [5.41, 5.74) is 0.620. The smallest absolute Gasteiger partial charge is 0.328 e. The Kier molecular flexibility index (Phi) is 4.98. The Morgan fingerprint density at radius 1 is 1.25 bits per heavy atom. The van der Waals surface area contributed by atoms with Crippen LogP contribution in [0.1, 0.15) is 17.4 Å². The van der Waals surface area contributed by atoms with E-state index in [1.54, 1.807) is 19.2 Å². The largest absolute Gasteiger partial charge is 0.354 e. The molecule has 1 N–H and O–H groups in total. The first-order chi connectivity index (χ1) is 13.6. The minimum atomic E-state index is -0.354. The van der Waals surface area contributed by atoms with E-state index in [4.69, 9.17) is 5.26 Å². The number of H-pyrrole nitrogens is 1. The molecule has 0 radical (unpaired) electrons. The third kappa shape index (κ3) is 3.44. The molecule has 0 atom stereocenters. The molecule has 0 aromatic carbocycles. The molecule has 3 aromatic heterocycles. The van der Waals surface area contributed by atoms with E-state index >= 15 is 0 Å². The van der Waals surface area contributed by atoms with E-state index in [0.717, 1.165) is 43.4 Å². The van der Waals surface area contributed by atoms with Gasteiger partial charge < -0.3 is 9.88 Å². The van der Waals surface area contributed by atoms with E-state index < -0.39 is 0 Å². The summed E-state index contributed by atoms with van der Waals surface area (Å²) in [4.78, 5) is 37.2. The highest BCUT2D eigenvalue weighted by Gasteiger charge is 2.19. The molecule has 1 aliphatic rings. The van der Waals surface area contributed by atoms with Gasteiger partial charge in [-0.25, -0.2) is 9.78 Å². The highest BCUT2D eigenvalue weighted by Crippen LogP contribution is 2.23. The lowest BCUT2D eigenvalue weighted by Gasteiger charge is -2.35. The summed E-state index contributed by atoms with van der Waals surface area (Å²) in [6, 6.07) is 7.67. The third-order valence-electron chi connectivity index (χ3n) is 4.98. The SMILES string of the molecule is CCn1c(=O)[nH]c2cc(CN3CCN(c4ccc(C#N)cn4)CC3)sc2c1=O.